The fourth-order valence-electron chi connectivity index (χ4n) is 1.50. The minimum atomic E-state index is -3.44. The summed E-state index contributed by atoms with van der Waals surface area (Å²) < 4.78 is 30.7. The SMILES string of the molecule is CN(C)S(=O)(=O)c1ccc(N)c(OCC2CC2)c1. The van der Waals surface area contributed by atoms with Gasteiger partial charge in [-0.25, -0.2) is 12.7 Å². The largest absolute Gasteiger partial charge is 0.491 e. The smallest absolute Gasteiger partial charge is 0.242 e. The number of nitrogens with two attached hydrogens (primary N) is 1. The van der Waals surface area contributed by atoms with Gasteiger partial charge in [0.1, 0.15) is 5.75 Å². The first-order valence-electron chi connectivity index (χ1n) is 5.86. The molecule has 0 atom stereocenters. The third-order valence-corrected chi connectivity index (χ3v) is 4.75. The zero-order valence-corrected chi connectivity index (χ0v) is 11.4. The number of hydrogen-bond donors (Lipinski definition) is 1. The second-order valence-electron chi connectivity index (χ2n) is 4.74. The molecular formula is C12H18N2O3S. The van der Waals surface area contributed by atoms with Crippen LogP contribution < -0.4 is 10.5 Å². The summed E-state index contributed by atoms with van der Waals surface area (Å²) in [4.78, 5) is 0.201. The minimum absolute atomic E-state index is 0.201. The van der Waals surface area contributed by atoms with Gasteiger partial charge in [-0.05, 0) is 30.9 Å². The molecular weight excluding hydrogens is 252 g/mol. The molecule has 100 valence electrons. The Bertz CT molecular complexity index is 536. The maximum atomic E-state index is 12.0. The van der Waals surface area contributed by atoms with Crippen molar-refractivity contribution in [2.45, 2.75) is 17.7 Å². The fourth-order valence-corrected chi connectivity index (χ4v) is 2.42. The van der Waals surface area contributed by atoms with E-state index >= 15 is 0 Å². The lowest BCUT2D eigenvalue weighted by atomic mass is 10.3. The molecule has 1 aliphatic carbocycles. The highest BCUT2D eigenvalue weighted by atomic mass is 32.2. The van der Waals surface area contributed by atoms with Crippen LogP contribution in [-0.4, -0.2) is 33.4 Å². The van der Waals surface area contributed by atoms with E-state index in [1.807, 2.05) is 0 Å². The van der Waals surface area contributed by atoms with Gasteiger partial charge in [0, 0.05) is 20.2 Å². The first-order valence-corrected chi connectivity index (χ1v) is 7.30. The summed E-state index contributed by atoms with van der Waals surface area (Å²) in [6, 6.07) is 4.56. The van der Waals surface area contributed by atoms with Crippen molar-refractivity contribution in [1.82, 2.24) is 4.31 Å². The zero-order valence-electron chi connectivity index (χ0n) is 10.6. The van der Waals surface area contributed by atoms with Crippen molar-refractivity contribution in [3.8, 4) is 5.75 Å². The molecule has 0 heterocycles. The third-order valence-electron chi connectivity index (χ3n) is 2.94. The summed E-state index contributed by atoms with van der Waals surface area (Å²) in [5.41, 5.74) is 6.25. The molecule has 1 aliphatic rings. The molecule has 0 amide bonds. The van der Waals surface area contributed by atoms with Crippen LogP contribution in [0.5, 0.6) is 5.75 Å². The van der Waals surface area contributed by atoms with E-state index in [2.05, 4.69) is 0 Å². The van der Waals surface area contributed by atoms with E-state index in [0.717, 1.165) is 0 Å². The molecule has 0 spiro atoms. The zero-order chi connectivity index (χ0) is 13.3. The molecule has 0 saturated heterocycles. The quantitative estimate of drug-likeness (QED) is 0.819. The van der Waals surface area contributed by atoms with Crippen molar-refractivity contribution in [2.75, 3.05) is 26.4 Å². The van der Waals surface area contributed by atoms with Crippen LogP contribution in [0.25, 0.3) is 0 Å². The van der Waals surface area contributed by atoms with Crippen molar-refractivity contribution in [3.63, 3.8) is 0 Å². The van der Waals surface area contributed by atoms with Gasteiger partial charge < -0.3 is 10.5 Å². The number of anilines is 1. The van der Waals surface area contributed by atoms with Crippen LogP contribution >= 0.6 is 0 Å². The average molecular weight is 270 g/mol. The topological polar surface area (TPSA) is 72.6 Å². The van der Waals surface area contributed by atoms with Gasteiger partial charge in [0.05, 0.1) is 17.2 Å². The summed E-state index contributed by atoms with van der Waals surface area (Å²) in [6.07, 6.45) is 2.35. The van der Waals surface area contributed by atoms with Crippen molar-refractivity contribution < 1.29 is 13.2 Å². The lowest BCUT2D eigenvalue weighted by Crippen LogP contribution is -2.22. The van der Waals surface area contributed by atoms with E-state index in [0.29, 0.717) is 24.0 Å². The van der Waals surface area contributed by atoms with Crippen LogP contribution in [0.2, 0.25) is 0 Å². The Hall–Kier alpha value is -1.27. The van der Waals surface area contributed by atoms with E-state index in [9.17, 15) is 8.42 Å². The number of nitrogens with zero attached hydrogens (tertiary/aromatic N) is 1. The number of benzene rings is 1. The highest BCUT2D eigenvalue weighted by Gasteiger charge is 2.23. The Balaban J connectivity index is 2.24. The van der Waals surface area contributed by atoms with E-state index in [1.54, 1.807) is 6.07 Å². The van der Waals surface area contributed by atoms with Gasteiger partial charge in [0.2, 0.25) is 10.0 Å². The predicted octanol–water partition coefficient (Wildman–Crippen LogP) is 1.31. The summed E-state index contributed by atoms with van der Waals surface area (Å²) in [5.74, 6) is 1.04. The molecule has 1 saturated carbocycles. The first kappa shape index (κ1) is 13.2. The second-order valence-corrected chi connectivity index (χ2v) is 6.89. The molecule has 6 heteroatoms. The van der Waals surface area contributed by atoms with Gasteiger partial charge in [-0.3, -0.25) is 0 Å². The van der Waals surface area contributed by atoms with Gasteiger partial charge in [0.25, 0.3) is 0 Å². The number of nitrogen functional groups attached to an aromatic ring is 1. The van der Waals surface area contributed by atoms with Crippen molar-refractivity contribution in [2.24, 2.45) is 5.92 Å². The van der Waals surface area contributed by atoms with Crippen LogP contribution in [0.4, 0.5) is 5.69 Å². The molecule has 0 aromatic heterocycles. The highest BCUT2D eigenvalue weighted by molar-refractivity contribution is 7.89. The summed E-state index contributed by atoms with van der Waals surface area (Å²) in [7, 11) is -0.448. The van der Waals surface area contributed by atoms with E-state index in [-0.39, 0.29) is 4.90 Å². The maximum Gasteiger partial charge on any atom is 0.242 e. The normalized spacial score (nSPS) is 15.9. The van der Waals surface area contributed by atoms with Crippen molar-refractivity contribution in [1.29, 1.82) is 0 Å². The van der Waals surface area contributed by atoms with Crippen LogP contribution in [0.3, 0.4) is 0 Å². The first-order chi connectivity index (χ1) is 8.41. The summed E-state index contributed by atoms with van der Waals surface area (Å²) in [6.45, 7) is 0.607. The Kier molecular flexibility index (Phi) is 3.49. The Morgan fingerprint density at radius 3 is 2.61 bits per heavy atom. The predicted molar refractivity (Wildman–Crippen MR) is 69.9 cm³/mol. The van der Waals surface area contributed by atoms with Gasteiger partial charge in [0.15, 0.2) is 0 Å². The van der Waals surface area contributed by atoms with E-state index in [1.165, 1.54) is 43.4 Å². The van der Waals surface area contributed by atoms with Crippen molar-refractivity contribution >= 4 is 15.7 Å². The van der Waals surface area contributed by atoms with Crippen LogP contribution in [-0.2, 0) is 10.0 Å². The minimum Gasteiger partial charge on any atom is -0.491 e. The Labute approximate surface area is 108 Å². The average Bonchev–Trinajstić information content (AvgIpc) is 3.11. The van der Waals surface area contributed by atoms with Gasteiger partial charge >= 0.3 is 0 Å². The molecule has 0 radical (unpaired) electrons. The molecule has 5 nitrogen and oxygen atoms in total. The number of sulfonamides is 1. The van der Waals surface area contributed by atoms with Crippen LogP contribution in [0.1, 0.15) is 12.8 Å². The monoisotopic (exact) mass is 270 g/mol. The lowest BCUT2D eigenvalue weighted by Gasteiger charge is -2.14. The molecule has 1 fully saturated rings. The molecule has 0 unspecified atom stereocenters. The standard InChI is InChI=1S/C12H18N2O3S/c1-14(2)18(15,16)10-5-6-11(13)12(7-10)17-8-9-3-4-9/h5-7,9H,3-4,8,13H2,1-2H3. The lowest BCUT2D eigenvalue weighted by molar-refractivity contribution is 0.300. The highest BCUT2D eigenvalue weighted by Crippen LogP contribution is 2.32. The number of rotatable bonds is 5. The number of hydrogen-bond acceptors (Lipinski definition) is 4. The van der Waals surface area contributed by atoms with Gasteiger partial charge in [-0.15, -0.1) is 0 Å². The molecule has 1 aromatic carbocycles. The molecule has 0 aliphatic heterocycles. The summed E-state index contributed by atoms with van der Waals surface area (Å²) in [5, 5.41) is 0. The van der Waals surface area contributed by atoms with Crippen LogP contribution in [0.15, 0.2) is 23.1 Å². The van der Waals surface area contributed by atoms with Crippen molar-refractivity contribution in [3.05, 3.63) is 18.2 Å². The number of ether oxygens (including phenoxy) is 1. The molecule has 18 heavy (non-hydrogen) atoms. The Morgan fingerprint density at radius 1 is 1.39 bits per heavy atom. The van der Waals surface area contributed by atoms with E-state index in [4.69, 9.17) is 10.5 Å². The van der Waals surface area contributed by atoms with Gasteiger partial charge in [-0.1, -0.05) is 0 Å². The van der Waals surface area contributed by atoms with E-state index < -0.39 is 10.0 Å². The molecule has 1 aromatic rings. The molecule has 0 bridgehead atoms. The third kappa shape index (κ3) is 2.76. The van der Waals surface area contributed by atoms with Crippen LogP contribution in [0, 0.1) is 5.92 Å². The Morgan fingerprint density at radius 2 is 2.06 bits per heavy atom. The molecule has 2 rings (SSSR count). The summed E-state index contributed by atoms with van der Waals surface area (Å²) >= 11 is 0. The maximum absolute atomic E-state index is 12.0. The fraction of sp³-hybridized carbons (Fsp3) is 0.500. The molecule has 2 N–H and O–H groups in total. The second kappa shape index (κ2) is 4.78. The van der Waals surface area contributed by atoms with Gasteiger partial charge in [-0.2, -0.15) is 0 Å².